The molecule has 2 aromatic rings. The van der Waals surface area contributed by atoms with E-state index in [9.17, 15) is 9.59 Å². The van der Waals surface area contributed by atoms with Gasteiger partial charge in [0.15, 0.2) is 0 Å². The van der Waals surface area contributed by atoms with Gasteiger partial charge in [-0.05, 0) is 49.2 Å². The smallest absolute Gasteiger partial charge is 0.253 e. The van der Waals surface area contributed by atoms with E-state index in [0.717, 1.165) is 12.0 Å². The van der Waals surface area contributed by atoms with Gasteiger partial charge in [0.05, 0.1) is 25.5 Å². The highest BCUT2D eigenvalue weighted by atomic mass is 16.5. The normalized spacial score (nSPS) is 11.7. The van der Waals surface area contributed by atoms with Crippen LogP contribution >= 0.6 is 0 Å². The lowest BCUT2D eigenvalue weighted by Gasteiger charge is -2.14. The van der Waals surface area contributed by atoms with Crippen LogP contribution in [0, 0.1) is 0 Å². The van der Waals surface area contributed by atoms with Crippen molar-refractivity contribution in [2.45, 2.75) is 26.3 Å². The van der Waals surface area contributed by atoms with Crippen LogP contribution in [-0.2, 0) is 4.79 Å². The van der Waals surface area contributed by atoms with E-state index in [4.69, 9.17) is 9.47 Å². The lowest BCUT2D eigenvalue weighted by atomic mass is 10.1. The molecule has 0 fully saturated rings. The van der Waals surface area contributed by atoms with E-state index in [2.05, 4.69) is 10.6 Å². The summed E-state index contributed by atoms with van der Waals surface area (Å²) >= 11 is 0. The van der Waals surface area contributed by atoms with Gasteiger partial charge in [0.2, 0.25) is 5.91 Å². The van der Waals surface area contributed by atoms with Crippen LogP contribution in [0.15, 0.2) is 48.5 Å². The lowest BCUT2D eigenvalue weighted by Crippen LogP contribution is -2.32. The van der Waals surface area contributed by atoms with Crippen molar-refractivity contribution in [3.8, 4) is 11.5 Å². The molecule has 6 nitrogen and oxygen atoms in total. The maximum Gasteiger partial charge on any atom is 0.253 e. The van der Waals surface area contributed by atoms with Crippen molar-refractivity contribution in [3.05, 3.63) is 59.7 Å². The van der Waals surface area contributed by atoms with Crippen LogP contribution in [0.5, 0.6) is 11.5 Å². The number of para-hydroxylation sites is 1. The molecular formula is C22H26N2O4. The highest BCUT2D eigenvalue weighted by molar-refractivity contribution is 6.07. The van der Waals surface area contributed by atoms with Crippen molar-refractivity contribution in [1.82, 2.24) is 5.32 Å². The fourth-order valence-corrected chi connectivity index (χ4v) is 2.47. The number of amides is 2. The predicted octanol–water partition coefficient (Wildman–Crippen LogP) is 3.88. The third kappa shape index (κ3) is 5.87. The summed E-state index contributed by atoms with van der Waals surface area (Å²) in [7, 11) is 3.13. The van der Waals surface area contributed by atoms with Crippen LogP contribution < -0.4 is 20.1 Å². The molecule has 2 amide bonds. The van der Waals surface area contributed by atoms with Crippen molar-refractivity contribution < 1.29 is 19.1 Å². The second-order valence-electron chi connectivity index (χ2n) is 6.30. The number of carbonyl (C=O) groups is 2. The van der Waals surface area contributed by atoms with E-state index >= 15 is 0 Å². The zero-order valence-corrected chi connectivity index (χ0v) is 16.6. The van der Waals surface area contributed by atoms with Crippen molar-refractivity contribution in [2.24, 2.45) is 0 Å². The van der Waals surface area contributed by atoms with Gasteiger partial charge in [-0.1, -0.05) is 19.1 Å². The molecule has 0 aliphatic rings. The standard InChI is InChI=1S/C22H26N2O4/c1-5-15(2)23-22(26)19-8-6-7-9-20(19)24-21(25)11-10-16-12-17(27-3)14-18(13-16)28-4/h6-15H,5H2,1-4H3,(H,23,26)(H,24,25)/b11-10+. The SMILES string of the molecule is CCC(C)NC(=O)c1ccccc1NC(=O)/C=C/c1cc(OC)cc(OC)c1. The van der Waals surface area contributed by atoms with Crippen LogP contribution in [0.1, 0.15) is 36.2 Å². The molecule has 0 aliphatic heterocycles. The molecule has 6 heteroatoms. The minimum Gasteiger partial charge on any atom is -0.497 e. The number of rotatable bonds is 8. The zero-order chi connectivity index (χ0) is 20.5. The first-order valence-electron chi connectivity index (χ1n) is 9.08. The summed E-state index contributed by atoms with van der Waals surface area (Å²) in [5.74, 6) is 0.704. The molecule has 2 N–H and O–H groups in total. The molecular weight excluding hydrogens is 356 g/mol. The lowest BCUT2D eigenvalue weighted by molar-refractivity contribution is -0.111. The van der Waals surface area contributed by atoms with Gasteiger partial charge >= 0.3 is 0 Å². The molecule has 28 heavy (non-hydrogen) atoms. The Morgan fingerprint density at radius 1 is 1.07 bits per heavy atom. The Morgan fingerprint density at radius 3 is 2.32 bits per heavy atom. The summed E-state index contributed by atoms with van der Waals surface area (Å²) < 4.78 is 10.4. The quantitative estimate of drug-likeness (QED) is 0.679. The monoisotopic (exact) mass is 382 g/mol. The summed E-state index contributed by atoms with van der Waals surface area (Å²) in [6.07, 6.45) is 3.88. The van der Waals surface area contributed by atoms with Crippen molar-refractivity contribution in [3.63, 3.8) is 0 Å². The van der Waals surface area contributed by atoms with Crippen molar-refractivity contribution in [2.75, 3.05) is 19.5 Å². The summed E-state index contributed by atoms with van der Waals surface area (Å²) in [6.45, 7) is 3.93. The first kappa shape index (κ1) is 21.0. The van der Waals surface area contributed by atoms with Gasteiger partial charge in [-0.15, -0.1) is 0 Å². The largest absolute Gasteiger partial charge is 0.497 e. The second kappa shape index (κ2) is 10.2. The Morgan fingerprint density at radius 2 is 1.71 bits per heavy atom. The van der Waals surface area contributed by atoms with E-state index in [1.807, 2.05) is 13.8 Å². The Kier molecular flexibility index (Phi) is 7.63. The average molecular weight is 382 g/mol. The van der Waals surface area contributed by atoms with Gasteiger partial charge in [0.1, 0.15) is 11.5 Å². The topological polar surface area (TPSA) is 76.7 Å². The number of nitrogens with one attached hydrogen (secondary N) is 2. The number of anilines is 1. The summed E-state index contributed by atoms with van der Waals surface area (Å²) in [6, 6.07) is 12.3. The molecule has 0 spiro atoms. The van der Waals surface area contributed by atoms with E-state index in [0.29, 0.717) is 22.7 Å². The Balaban J connectivity index is 2.13. The molecule has 1 unspecified atom stereocenters. The first-order chi connectivity index (χ1) is 13.5. The van der Waals surface area contributed by atoms with Gasteiger partial charge in [0.25, 0.3) is 5.91 Å². The number of ether oxygens (including phenoxy) is 2. The van der Waals surface area contributed by atoms with Crippen molar-refractivity contribution in [1.29, 1.82) is 0 Å². The Bertz CT molecular complexity index is 839. The highest BCUT2D eigenvalue weighted by Gasteiger charge is 2.13. The summed E-state index contributed by atoms with van der Waals surface area (Å²) in [5, 5.41) is 5.67. The second-order valence-corrected chi connectivity index (χ2v) is 6.30. The number of hydrogen-bond donors (Lipinski definition) is 2. The Hall–Kier alpha value is -3.28. The molecule has 0 bridgehead atoms. The average Bonchev–Trinajstić information content (AvgIpc) is 2.72. The highest BCUT2D eigenvalue weighted by Crippen LogP contribution is 2.23. The van der Waals surface area contributed by atoms with Gasteiger partial charge < -0.3 is 20.1 Å². The summed E-state index contributed by atoms with van der Waals surface area (Å²) in [5.41, 5.74) is 1.64. The van der Waals surface area contributed by atoms with Crippen LogP contribution in [0.2, 0.25) is 0 Å². The third-order valence-electron chi connectivity index (χ3n) is 4.22. The van der Waals surface area contributed by atoms with Crippen LogP contribution in [0.25, 0.3) is 6.08 Å². The van der Waals surface area contributed by atoms with Crippen molar-refractivity contribution >= 4 is 23.6 Å². The molecule has 1 atom stereocenters. The molecule has 0 saturated carbocycles. The van der Waals surface area contributed by atoms with E-state index in [1.165, 1.54) is 6.08 Å². The number of benzene rings is 2. The van der Waals surface area contributed by atoms with Crippen LogP contribution in [0.3, 0.4) is 0 Å². The van der Waals surface area contributed by atoms with E-state index in [1.54, 1.807) is 62.8 Å². The summed E-state index contributed by atoms with van der Waals surface area (Å²) in [4.78, 5) is 24.8. The molecule has 0 saturated heterocycles. The molecule has 148 valence electrons. The number of carbonyl (C=O) groups excluding carboxylic acids is 2. The number of hydrogen-bond acceptors (Lipinski definition) is 4. The fraction of sp³-hybridized carbons (Fsp3) is 0.273. The predicted molar refractivity (Wildman–Crippen MR) is 111 cm³/mol. The minimum absolute atomic E-state index is 0.0548. The van der Waals surface area contributed by atoms with Gasteiger partial charge in [0, 0.05) is 18.2 Å². The molecule has 2 aromatic carbocycles. The van der Waals surface area contributed by atoms with E-state index < -0.39 is 0 Å². The molecule has 0 radical (unpaired) electrons. The molecule has 0 aliphatic carbocycles. The van der Waals surface area contributed by atoms with Crippen LogP contribution in [0.4, 0.5) is 5.69 Å². The first-order valence-corrected chi connectivity index (χ1v) is 9.08. The maximum absolute atomic E-state index is 12.4. The van der Waals surface area contributed by atoms with Gasteiger partial charge in [-0.3, -0.25) is 9.59 Å². The minimum atomic E-state index is -0.342. The van der Waals surface area contributed by atoms with Crippen LogP contribution in [-0.4, -0.2) is 32.1 Å². The maximum atomic E-state index is 12.4. The molecule has 0 heterocycles. The Labute approximate surface area is 165 Å². The van der Waals surface area contributed by atoms with E-state index in [-0.39, 0.29) is 17.9 Å². The zero-order valence-electron chi connectivity index (χ0n) is 16.6. The number of methoxy groups -OCH3 is 2. The molecule has 0 aromatic heterocycles. The molecule has 2 rings (SSSR count). The van der Waals surface area contributed by atoms with Gasteiger partial charge in [-0.25, -0.2) is 0 Å². The third-order valence-corrected chi connectivity index (χ3v) is 4.22. The fourth-order valence-electron chi connectivity index (χ4n) is 2.47. The van der Waals surface area contributed by atoms with Gasteiger partial charge in [-0.2, -0.15) is 0 Å².